The van der Waals surface area contributed by atoms with Crippen LogP contribution in [0, 0.1) is 0 Å². The lowest BCUT2D eigenvalue weighted by Gasteiger charge is -2.14. The number of ketones is 1. The number of fused-ring (bicyclic) bond motifs is 5. The molecule has 0 spiro atoms. The van der Waals surface area contributed by atoms with Gasteiger partial charge < -0.3 is 25.0 Å². The summed E-state index contributed by atoms with van der Waals surface area (Å²) in [7, 11) is 0. The standard InChI is InChI=1S/C51H40N6O7/c1-3-62-44-19-11-9-17-42(44)52-51(61)41-26-31-14-6-8-16-36(31)47(50(41)60)56-54-34-22-24-38-37-23-21-33(27-39(37)49(59)40(38)28-34)53-55-46-35-15-7-5-13-30(35)25-32(48(46)58)29-64-57-43-18-10-12-20-45(43)63-4-2/h5-28,57-58,60H,3-4,29H2,1-2H3,(H,52,61). The molecule has 0 saturated carbocycles. The summed E-state index contributed by atoms with van der Waals surface area (Å²) in [6.45, 7) is 4.68. The molecule has 0 saturated heterocycles. The van der Waals surface area contributed by atoms with Crippen LogP contribution in [0.15, 0.2) is 166 Å². The van der Waals surface area contributed by atoms with Crippen molar-refractivity contribution >= 4 is 67.4 Å². The molecule has 0 radical (unpaired) electrons. The Morgan fingerprint density at radius 1 is 0.562 bits per heavy atom. The van der Waals surface area contributed by atoms with Gasteiger partial charge in [0, 0.05) is 27.5 Å². The molecule has 0 bridgehead atoms. The number of para-hydroxylation sites is 4. The zero-order valence-electron chi connectivity index (χ0n) is 34.7. The third kappa shape index (κ3) is 8.06. The topological polar surface area (TPSA) is 176 Å². The summed E-state index contributed by atoms with van der Waals surface area (Å²) >= 11 is 0. The molecule has 1 aliphatic rings. The summed E-state index contributed by atoms with van der Waals surface area (Å²) < 4.78 is 11.3. The van der Waals surface area contributed by atoms with Crippen LogP contribution in [0.2, 0.25) is 0 Å². The Hall–Kier alpha value is -8.42. The van der Waals surface area contributed by atoms with E-state index in [9.17, 15) is 19.8 Å². The van der Waals surface area contributed by atoms with Gasteiger partial charge in [0.05, 0.1) is 35.8 Å². The molecule has 0 heterocycles. The average molecular weight is 849 g/mol. The first-order valence-electron chi connectivity index (χ1n) is 20.6. The van der Waals surface area contributed by atoms with Gasteiger partial charge in [0.25, 0.3) is 5.91 Å². The van der Waals surface area contributed by atoms with Gasteiger partial charge in [-0.15, -0.1) is 10.2 Å². The summed E-state index contributed by atoms with van der Waals surface area (Å²) in [5, 5.41) is 46.4. The Morgan fingerprint density at radius 3 is 1.69 bits per heavy atom. The van der Waals surface area contributed by atoms with E-state index in [0.717, 1.165) is 16.5 Å². The SMILES string of the molecule is CCOc1ccccc1NOCc1cc2ccccc2c(N=Nc2ccc3c(c2)C(=O)c2cc(N=Nc4c(O)c(C(=O)Nc5ccccc5OCC)cc5ccccc45)ccc2-3)c1O. The van der Waals surface area contributed by atoms with Gasteiger partial charge in [-0.2, -0.15) is 10.2 Å². The van der Waals surface area contributed by atoms with Crippen molar-refractivity contribution in [3.8, 4) is 34.1 Å². The van der Waals surface area contributed by atoms with Gasteiger partial charge >= 0.3 is 0 Å². The van der Waals surface area contributed by atoms with Crippen LogP contribution in [-0.2, 0) is 11.4 Å². The molecular formula is C51H40N6O7. The number of anilines is 2. The smallest absolute Gasteiger partial charge is 0.259 e. The van der Waals surface area contributed by atoms with Crippen molar-refractivity contribution in [3.05, 3.63) is 168 Å². The van der Waals surface area contributed by atoms with Gasteiger partial charge in [-0.3, -0.25) is 19.9 Å². The predicted molar refractivity (Wildman–Crippen MR) is 246 cm³/mol. The molecule has 4 N–H and O–H groups in total. The van der Waals surface area contributed by atoms with Gasteiger partial charge in [-0.25, -0.2) is 0 Å². The van der Waals surface area contributed by atoms with Crippen molar-refractivity contribution in [1.29, 1.82) is 0 Å². The van der Waals surface area contributed by atoms with Gasteiger partial charge in [-0.05, 0) is 96.4 Å². The molecule has 1 aliphatic carbocycles. The summed E-state index contributed by atoms with van der Waals surface area (Å²) in [6, 6.07) is 43.1. The number of hydrogen-bond acceptors (Lipinski definition) is 12. The lowest BCUT2D eigenvalue weighted by Crippen LogP contribution is -2.13. The highest BCUT2D eigenvalue weighted by atomic mass is 16.6. The molecule has 316 valence electrons. The van der Waals surface area contributed by atoms with Crippen molar-refractivity contribution in [3.63, 3.8) is 0 Å². The summed E-state index contributed by atoms with van der Waals surface area (Å²) in [5.74, 6) is -0.0827. The number of hydrogen-bond donors (Lipinski definition) is 4. The van der Waals surface area contributed by atoms with Gasteiger partial charge in [0.15, 0.2) is 11.5 Å². The van der Waals surface area contributed by atoms with Crippen LogP contribution in [0.3, 0.4) is 0 Å². The molecule has 8 aromatic rings. The lowest BCUT2D eigenvalue weighted by atomic mass is 10.0. The fourth-order valence-electron chi connectivity index (χ4n) is 7.64. The summed E-state index contributed by atoms with van der Waals surface area (Å²) in [4.78, 5) is 33.3. The summed E-state index contributed by atoms with van der Waals surface area (Å²) in [6.07, 6.45) is 0. The fourth-order valence-corrected chi connectivity index (χ4v) is 7.64. The maximum Gasteiger partial charge on any atom is 0.259 e. The molecule has 0 atom stereocenters. The summed E-state index contributed by atoms with van der Waals surface area (Å²) in [5.41, 5.74) is 7.95. The Bertz CT molecular complexity index is 3180. The number of amides is 1. The Labute approximate surface area is 367 Å². The van der Waals surface area contributed by atoms with Crippen LogP contribution < -0.4 is 20.3 Å². The number of ether oxygens (including phenoxy) is 2. The highest BCUT2D eigenvalue weighted by Crippen LogP contribution is 2.44. The molecule has 13 nitrogen and oxygen atoms in total. The number of carbonyl (C=O) groups is 2. The molecule has 13 heteroatoms. The van der Waals surface area contributed by atoms with Crippen LogP contribution in [0.1, 0.15) is 45.7 Å². The van der Waals surface area contributed by atoms with Crippen molar-refractivity contribution in [2.75, 3.05) is 24.0 Å². The third-order valence-electron chi connectivity index (χ3n) is 10.7. The number of phenols is 2. The number of aromatic hydroxyl groups is 2. The first-order chi connectivity index (χ1) is 31.3. The molecule has 8 aromatic carbocycles. The second kappa shape index (κ2) is 17.9. The van der Waals surface area contributed by atoms with Crippen LogP contribution in [0.25, 0.3) is 32.7 Å². The molecule has 0 aliphatic heterocycles. The Morgan fingerprint density at radius 2 is 1.08 bits per heavy atom. The van der Waals surface area contributed by atoms with E-state index < -0.39 is 5.91 Å². The number of carbonyl (C=O) groups excluding carboxylic acids is 2. The van der Waals surface area contributed by atoms with E-state index >= 15 is 0 Å². The van der Waals surface area contributed by atoms with Crippen molar-refractivity contribution in [2.45, 2.75) is 20.5 Å². The van der Waals surface area contributed by atoms with Crippen LogP contribution >= 0.6 is 0 Å². The average Bonchev–Trinajstić information content (AvgIpc) is 3.59. The van der Waals surface area contributed by atoms with Gasteiger partial charge in [0.2, 0.25) is 0 Å². The second-order valence-electron chi connectivity index (χ2n) is 14.7. The maximum absolute atomic E-state index is 13.9. The fraction of sp³-hybridized carbons (Fsp3) is 0.0980. The first kappa shape index (κ1) is 41.0. The lowest BCUT2D eigenvalue weighted by molar-refractivity contribution is 0.102. The van der Waals surface area contributed by atoms with Crippen molar-refractivity contribution in [1.82, 2.24) is 0 Å². The third-order valence-corrected chi connectivity index (χ3v) is 10.7. The quantitative estimate of drug-likeness (QED) is 0.0617. The normalized spacial score (nSPS) is 11.9. The number of nitrogens with zero attached hydrogens (tertiary/aromatic N) is 4. The molecule has 0 fully saturated rings. The van der Waals surface area contributed by atoms with E-state index in [-0.39, 0.29) is 40.8 Å². The minimum absolute atomic E-state index is 0.00415. The largest absolute Gasteiger partial charge is 0.505 e. The van der Waals surface area contributed by atoms with E-state index in [1.165, 1.54) is 0 Å². The molecule has 64 heavy (non-hydrogen) atoms. The van der Waals surface area contributed by atoms with Crippen LogP contribution in [0.4, 0.5) is 34.1 Å². The molecule has 0 unspecified atom stereocenters. The van der Waals surface area contributed by atoms with E-state index in [2.05, 4.69) is 31.3 Å². The van der Waals surface area contributed by atoms with Gasteiger partial charge in [0.1, 0.15) is 40.9 Å². The predicted octanol–water partition coefficient (Wildman–Crippen LogP) is 13.0. The van der Waals surface area contributed by atoms with E-state index in [1.54, 1.807) is 72.8 Å². The molecule has 1 amide bonds. The number of phenolic OH excluding ortho intramolecular Hbond substituents is 2. The number of benzene rings is 8. The minimum atomic E-state index is -0.552. The molecular weight excluding hydrogens is 809 g/mol. The highest BCUT2D eigenvalue weighted by Gasteiger charge is 2.28. The van der Waals surface area contributed by atoms with E-state index in [4.69, 9.17) is 14.3 Å². The zero-order valence-corrected chi connectivity index (χ0v) is 34.7. The Balaban J connectivity index is 0.958. The van der Waals surface area contributed by atoms with Crippen molar-refractivity contribution in [2.24, 2.45) is 20.5 Å². The maximum atomic E-state index is 13.9. The van der Waals surface area contributed by atoms with Crippen LogP contribution in [0.5, 0.6) is 23.0 Å². The van der Waals surface area contributed by atoms with Crippen molar-refractivity contribution < 1.29 is 34.1 Å². The molecule has 0 aromatic heterocycles. The van der Waals surface area contributed by atoms with E-state index in [0.29, 0.717) is 80.3 Å². The zero-order chi connectivity index (χ0) is 44.2. The highest BCUT2D eigenvalue weighted by molar-refractivity contribution is 6.22. The van der Waals surface area contributed by atoms with Gasteiger partial charge in [-0.1, -0.05) is 84.9 Å². The second-order valence-corrected chi connectivity index (χ2v) is 14.7. The number of azo groups is 2. The Kier molecular flexibility index (Phi) is 11.5. The minimum Gasteiger partial charge on any atom is -0.505 e. The number of nitrogens with one attached hydrogen (secondary N) is 2. The van der Waals surface area contributed by atoms with E-state index in [1.807, 2.05) is 86.6 Å². The number of rotatable bonds is 14. The first-order valence-corrected chi connectivity index (χ1v) is 20.6. The molecule has 9 rings (SSSR count). The van der Waals surface area contributed by atoms with Crippen LogP contribution in [-0.4, -0.2) is 35.1 Å². The monoisotopic (exact) mass is 848 g/mol.